The van der Waals surface area contributed by atoms with E-state index in [-0.39, 0.29) is 23.9 Å². The van der Waals surface area contributed by atoms with Gasteiger partial charge in [-0.05, 0) is 43.5 Å². The van der Waals surface area contributed by atoms with Crippen LogP contribution in [0.2, 0.25) is 0 Å². The largest absolute Gasteiger partial charge is 0.486 e. The molecule has 1 fully saturated rings. The summed E-state index contributed by atoms with van der Waals surface area (Å²) in [6.45, 7) is 2.34. The third-order valence-electron chi connectivity index (χ3n) is 5.80. The topological polar surface area (TPSA) is 80.3 Å². The number of benzene rings is 2. The standard InChI is InChI=1S/C27H29N3O3S/c1-19-11-14-21(15-12-19)33-17-26-29-24(18-34-26)27(32)30-23-10-6-5-9-22(23)28-25(31)16-13-20-7-3-2-4-8-20/h2-4,7-8,11-16,18,22-23H,5-6,9-10,17H2,1H3,(H,28,31)(H,30,32)/b16-13+/t22-,23+/m1/s1. The van der Waals surface area contributed by atoms with Crippen LogP contribution >= 0.6 is 11.3 Å². The van der Waals surface area contributed by atoms with E-state index in [0.717, 1.165) is 42.0 Å². The van der Waals surface area contributed by atoms with Gasteiger partial charge in [-0.1, -0.05) is 60.9 Å². The maximum absolute atomic E-state index is 12.8. The van der Waals surface area contributed by atoms with Crippen LogP contribution in [0.4, 0.5) is 0 Å². The number of aromatic nitrogens is 1. The van der Waals surface area contributed by atoms with Gasteiger partial charge in [-0.2, -0.15) is 0 Å². The lowest BCUT2D eigenvalue weighted by molar-refractivity contribution is -0.117. The van der Waals surface area contributed by atoms with E-state index in [1.54, 1.807) is 17.5 Å². The number of nitrogens with one attached hydrogen (secondary N) is 2. The fraction of sp³-hybridized carbons (Fsp3) is 0.296. The Morgan fingerprint density at radius 3 is 2.47 bits per heavy atom. The van der Waals surface area contributed by atoms with Crippen molar-refractivity contribution in [1.82, 2.24) is 15.6 Å². The van der Waals surface area contributed by atoms with Gasteiger partial charge in [-0.15, -0.1) is 11.3 Å². The van der Waals surface area contributed by atoms with E-state index >= 15 is 0 Å². The first kappa shape index (κ1) is 23.7. The van der Waals surface area contributed by atoms with E-state index in [2.05, 4.69) is 15.6 Å². The quantitative estimate of drug-likeness (QED) is 0.454. The summed E-state index contributed by atoms with van der Waals surface area (Å²) in [5.74, 6) is 0.400. The molecule has 6 nitrogen and oxygen atoms in total. The van der Waals surface area contributed by atoms with Crippen molar-refractivity contribution in [1.29, 1.82) is 0 Å². The van der Waals surface area contributed by atoms with Crippen molar-refractivity contribution < 1.29 is 14.3 Å². The smallest absolute Gasteiger partial charge is 0.271 e. The minimum absolute atomic E-state index is 0.103. The molecule has 2 atom stereocenters. The predicted octanol–water partition coefficient (Wildman–Crippen LogP) is 4.90. The summed E-state index contributed by atoms with van der Waals surface area (Å²) < 4.78 is 5.77. The van der Waals surface area contributed by atoms with Gasteiger partial charge in [-0.25, -0.2) is 4.98 Å². The van der Waals surface area contributed by atoms with Gasteiger partial charge in [0.15, 0.2) is 0 Å². The van der Waals surface area contributed by atoms with E-state index in [0.29, 0.717) is 12.3 Å². The lowest BCUT2D eigenvalue weighted by Crippen LogP contribution is -2.53. The molecule has 0 spiro atoms. The lowest BCUT2D eigenvalue weighted by atomic mass is 9.90. The molecule has 1 aromatic heterocycles. The van der Waals surface area contributed by atoms with Gasteiger partial charge < -0.3 is 15.4 Å². The van der Waals surface area contributed by atoms with Crippen LogP contribution in [0, 0.1) is 6.92 Å². The highest BCUT2D eigenvalue weighted by Gasteiger charge is 2.28. The number of nitrogens with zero attached hydrogens (tertiary/aromatic N) is 1. The average molecular weight is 476 g/mol. The van der Waals surface area contributed by atoms with E-state index < -0.39 is 0 Å². The van der Waals surface area contributed by atoms with Crippen molar-refractivity contribution >= 4 is 29.2 Å². The second-order valence-corrected chi connectivity index (χ2v) is 9.39. The zero-order valence-corrected chi connectivity index (χ0v) is 20.0. The number of rotatable bonds is 8. The minimum atomic E-state index is -0.219. The molecule has 1 aliphatic carbocycles. The summed E-state index contributed by atoms with van der Waals surface area (Å²) in [6.07, 6.45) is 7.04. The maximum Gasteiger partial charge on any atom is 0.271 e. The van der Waals surface area contributed by atoms with Crippen molar-refractivity contribution in [3.8, 4) is 5.75 Å². The van der Waals surface area contributed by atoms with Crippen LogP contribution in [-0.2, 0) is 11.4 Å². The zero-order valence-electron chi connectivity index (χ0n) is 19.2. The SMILES string of the molecule is Cc1ccc(OCc2nc(C(=O)N[C@H]3CCCC[C@H]3NC(=O)/C=C/c3ccccc3)cs2)cc1. The molecular formula is C27H29N3O3S. The Labute approximate surface area is 204 Å². The molecule has 2 aromatic carbocycles. The van der Waals surface area contributed by atoms with Crippen LogP contribution in [0.5, 0.6) is 5.75 Å². The molecule has 7 heteroatoms. The second-order valence-electron chi connectivity index (χ2n) is 8.45. The fourth-order valence-corrected chi connectivity index (χ4v) is 4.63. The Hall–Kier alpha value is -3.45. The summed E-state index contributed by atoms with van der Waals surface area (Å²) in [7, 11) is 0. The first-order valence-electron chi connectivity index (χ1n) is 11.6. The fourth-order valence-electron chi connectivity index (χ4n) is 3.95. The highest BCUT2D eigenvalue weighted by molar-refractivity contribution is 7.09. The number of amides is 2. The average Bonchev–Trinajstić information content (AvgIpc) is 3.34. The Balaban J connectivity index is 1.30. The molecule has 34 heavy (non-hydrogen) atoms. The molecule has 3 aromatic rings. The van der Waals surface area contributed by atoms with E-state index in [1.807, 2.05) is 61.5 Å². The normalized spacial score (nSPS) is 17.9. The number of ether oxygens (including phenoxy) is 1. The van der Waals surface area contributed by atoms with Gasteiger partial charge in [0, 0.05) is 23.5 Å². The number of hydrogen-bond acceptors (Lipinski definition) is 5. The van der Waals surface area contributed by atoms with Gasteiger partial charge in [-0.3, -0.25) is 9.59 Å². The Bertz CT molecular complexity index is 1130. The molecule has 0 radical (unpaired) electrons. The highest BCUT2D eigenvalue weighted by Crippen LogP contribution is 2.20. The third kappa shape index (κ3) is 6.78. The summed E-state index contributed by atoms with van der Waals surface area (Å²) in [5, 5.41) is 8.64. The number of carbonyl (C=O) groups is 2. The molecule has 4 rings (SSSR count). The number of aryl methyl sites for hydroxylation is 1. The monoisotopic (exact) mass is 475 g/mol. The van der Waals surface area contributed by atoms with Crippen LogP contribution in [0.15, 0.2) is 66.1 Å². The van der Waals surface area contributed by atoms with Crippen molar-refractivity contribution in [3.05, 3.63) is 87.9 Å². The Morgan fingerprint density at radius 2 is 1.74 bits per heavy atom. The molecule has 0 bridgehead atoms. The highest BCUT2D eigenvalue weighted by atomic mass is 32.1. The molecule has 0 unspecified atom stereocenters. The van der Waals surface area contributed by atoms with Crippen molar-refractivity contribution in [3.63, 3.8) is 0 Å². The zero-order chi connectivity index (χ0) is 23.8. The van der Waals surface area contributed by atoms with Gasteiger partial charge in [0.25, 0.3) is 5.91 Å². The first-order valence-corrected chi connectivity index (χ1v) is 12.4. The lowest BCUT2D eigenvalue weighted by Gasteiger charge is -2.32. The summed E-state index contributed by atoms with van der Waals surface area (Å²) in [5.41, 5.74) is 2.52. The predicted molar refractivity (Wildman–Crippen MR) is 135 cm³/mol. The number of hydrogen-bond donors (Lipinski definition) is 2. The van der Waals surface area contributed by atoms with Crippen molar-refractivity contribution in [2.24, 2.45) is 0 Å². The Kier molecular flexibility index (Phi) is 8.09. The minimum Gasteiger partial charge on any atom is -0.486 e. The van der Waals surface area contributed by atoms with Gasteiger partial charge in [0.05, 0.1) is 0 Å². The summed E-state index contributed by atoms with van der Waals surface area (Å²) in [6, 6.07) is 17.3. The van der Waals surface area contributed by atoms with Crippen LogP contribution in [0.1, 0.15) is 52.3 Å². The maximum atomic E-state index is 12.8. The van der Waals surface area contributed by atoms with E-state index in [9.17, 15) is 9.59 Å². The van der Waals surface area contributed by atoms with Gasteiger partial charge in [0.2, 0.25) is 5.91 Å². The van der Waals surface area contributed by atoms with Gasteiger partial charge in [0.1, 0.15) is 23.1 Å². The Morgan fingerprint density at radius 1 is 1.03 bits per heavy atom. The second kappa shape index (κ2) is 11.6. The van der Waals surface area contributed by atoms with Crippen LogP contribution < -0.4 is 15.4 Å². The molecule has 0 aliphatic heterocycles. The third-order valence-corrected chi connectivity index (χ3v) is 6.63. The molecule has 2 N–H and O–H groups in total. The number of carbonyl (C=O) groups excluding carboxylic acids is 2. The summed E-state index contributed by atoms with van der Waals surface area (Å²) in [4.78, 5) is 29.7. The van der Waals surface area contributed by atoms with Crippen LogP contribution in [0.3, 0.4) is 0 Å². The first-order chi connectivity index (χ1) is 16.6. The van der Waals surface area contributed by atoms with Crippen LogP contribution in [0.25, 0.3) is 6.08 Å². The molecule has 1 saturated carbocycles. The van der Waals surface area contributed by atoms with Gasteiger partial charge >= 0.3 is 0 Å². The van der Waals surface area contributed by atoms with E-state index in [1.165, 1.54) is 16.9 Å². The van der Waals surface area contributed by atoms with Crippen LogP contribution in [-0.4, -0.2) is 28.9 Å². The molecule has 176 valence electrons. The molecule has 1 aliphatic rings. The molecule has 0 saturated heterocycles. The molecule has 2 amide bonds. The molecule has 1 heterocycles. The van der Waals surface area contributed by atoms with Crippen molar-refractivity contribution in [2.45, 2.75) is 51.3 Å². The summed E-state index contributed by atoms with van der Waals surface area (Å²) >= 11 is 1.40. The molecular weight excluding hydrogens is 446 g/mol. The number of thiazole rings is 1. The van der Waals surface area contributed by atoms with Crippen molar-refractivity contribution in [2.75, 3.05) is 0 Å². The van der Waals surface area contributed by atoms with E-state index in [4.69, 9.17) is 4.74 Å².